The van der Waals surface area contributed by atoms with E-state index in [2.05, 4.69) is 62.8 Å². The molecule has 3 rings (SSSR count). The molecule has 0 atom stereocenters. The Kier molecular flexibility index (Phi) is 3.29. The highest BCUT2D eigenvalue weighted by atomic mass is 127. The van der Waals surface area contributed by atoms with Crippen molar-refractivity contribution in [3.63, 3.8) is 0 Å². The maximum Gasteiger partial charge on any atom is 0.0746 e. The van der Waals surface area contributed by atoms with Crippen LogP contribution in [0.5, 0.6) is 0 Å². The molecule has 0 aliphatic heterocycles. The van der Waals surface area contributed by atoms with Gasteiger partial charge in [0, 0.05) is 11.1 Å². The summed E-state index contributed by atoms with van der Waals surface area (Å²) in [6.07, 6.45) is 4.25. The summed E-state index contributed by atoms with van der Waals surface area (Å²) in [5.41, 5.74) is 12.6. The number of nitrogens with two attached hydrogens (primary N) is 1. The summed E-state index contributed by atoms with van der Waals surface area (Å²) in [4.78, 5) is 0. The van der Waals surface area contributed by atoms with Gasteiger partial charge in [0.05, 0.1) is 34.3 Å². The minimum Gasteiger partial charge on any atom is -0.397 e. The van der Waals surface area contributed by atoms with E-state index < -0.39 is 0 Å². The highest BCUT2D eigenvalue weighted by Gasteiger charge is 2.14. The number of rotatable bonds is 1. The van der Waals surface area contributed by atoms with Crippen LogP contribution in [0.15, 0.2) is 48.5 Å². The summed E-state index contributed by atoms with van der Waals surface area (Å²) in [5.74, 6) is 0. The number of halogens is 1. The average Bonchev–Trinajstić information content (AvgIpc) is 2.46. The fourth-order valence-corrected chi connectivity index (χ4v) is 2.90. The molecule has 19 heavy (non-hydrogen) atoms. The van der Waals surface area contributed by atoms with Gasteiger partial charge in [0.2, 0.25) is 0 Å². The van der Waals surface area contributed by atoms with Gasteiger partial charge in [-0.25, -0.2) is 0 Å². The fourth-order valence-electron chi connectivity index (χ4n) is 2.32. The van der Waals surface area contributed by atoms with Gasteiger partial charge in [0.1, 0.15) is 0 Å². The van der Waals surface area contributed by atoms with E-state index in [1.165, 1.54) is 5.56 Å². The first-order chi connectivity index (χ1) is 9.31. The second kappa shape index (κ2) is 5.09. The Balaban J connectivity index is 2.33. The molecule has 0 radical (unpaired) electrons. The molecule has 0 unspecified atom stereocenters. The van der Waals surface area contributed by atoms with Crippen molar-refractivity contribution < 1.29 is 0 Å². The molecule has 0 aromatic heterocycles. The topological polar surface area (TPSA) is 38.0 Å². The van der Waals surface area contributed by atoms with Crippen molar-refractivity contribution in [1.29, 1.82) is 0 Å². The van der Waals surface area contributed by atoms with Crippen LogP contribution in [0.4, 0.5) is 0 Å². The molecule has 1 aliphatic carbocycles. The molecule has 2 aromatic rings. The normalized spacial score (nSPS) is 18.8. The molecule has 3 N–H and O–H groups in total. The van der Waals surface area contributed by atoms with Crippen LogP contribution in [-0.4, -0.2) is 0 Å². The standard InChI is InChI=1S/C16H13IN2/c17-19-16-14-8-4-2-6-12(14)10-9-11-5-1-3-7-13(11)15(16)18/h1-10,19H,18H2/b10-9-,11-9?,12-10?,15-13?,16-14?,16-15-. The van der Waals surface area contributed by atoms with Crippen LogP contribution < -0.4 is 9.26 Å². The minimum atomic E-state index is 0.779. The van der Waals surface area contributed by atoms with Gasteiger partial charge in [-0.1, -0.05) is 60.7 Å². The maximum atomic E-state index is 6.36. The van der Waals surface area contributed by atoms with Crippen LogP contribution in [0.25, 0.3) is 23.5 Å². The van der Waals surface area contributed by atoms with E-state index in [1.807, 2.05) is 24.3 Å². The number of hydrogen-bond acceptors (Lipinski definition) is 2. The van der Waals surface area contributed by atoms with Crippen molar-refractivity contribution in [1.82, 2.24) is 3.53 Å². The zero-order valence-electron chi connectivity index (χ0n) is 10.2. The highest BCUT2D eigenvalue weighted by molar-refractivity contribution is 14.1. The lowest BCUT2D eigenvalue weighted by molar-refractivity contribution is 1.39. The summed E-state index contributed by atoms with van der Waals surface area (Å²) in [6, 6.07) is 16.4. The van der Waals surface area contributed by atoms with E-state index in [0.29, 0.717) is 0 Å². The molecular weight excluding hydrogens is 347 g/mol. The quantitative estimate of drug-likeness (QED) is 0.598. The summed E-state index contributed by atoms with van der Waals surface area (Å²) in [7, 11) is 0. The first-order valence-corrected chi connectivity index (χ1v) is 7.12. The predicted octanol–water partition coefficient (Wildman–Crippen LogP) is 3.89. The van der Waals surface area contributed by atoms with Gasteiger partial charge in [-0.15, -0.1) is 0 Å². The largest absolute Gasteiger partial charge is 0.397 e. The van der Waals surface area contributed by atoms with Gasteiger partial charge in [-0.2, -0.15) is 0 Å². The predicted molar refractivity (Wildman–Crippen MR) is 90.0 cm³/mol. The number of benzene rings is 2. The maximum absolute atomic E-state index is 6.36. The van der Waals surface area contributed by atoms with Crippen molar-refractivity contribution in [2.75, 3.05) is 0 Å². The second-order valence-electron chi connectivity index (χ2n) is 4.39. The van der Waals surface area contributed by atoms with Gasteiger partial charge in [0.25, 0.3) is 0 Å². The van der Waals surface area contributed by atoms with Gasteiger partial charge >= 0.3 is 0 Å². The van der Waals surface area contributed by atoms with E-state index in [1.54, 1.807) is 0 Å². The molecule has 94 valence electrons. The lowest BCUT2D eigenvalue weighted by Crippen LogP contribution is -2.11. The first-order valence-electron chi connectivity index (χ1n) is 6.04. The lowest BCUT2D eigenvalue weighted by atomic mass is 9.94. The molecule has 0 fully saturated rings. The molecule has 2 aromatic carbocycles. The van der Waals surface area contributed by atoms with Crippen molar-refractivity contribution >= 4 is 46.4 Å². The molecule has 0 heterocycles. The van der Waals surface area contributed by atoms with Crippen LogP contribution >= 0.6 is 22.9 Å². The molecular formula is C16H13IN2. The third-order valence-corrected chi connectivity index (χ3v) is 3.83. The fraction of sp³-hybridized carbons (Fsp3) is 0. The summed E-state index contributed by atoms with van der Waals surface area (Å²) < 4.78 is 3.21. The van der Waals surface area contributed by atoms with Gasteiger partial charge in [0.15, 0.2) is 0 Å². The molecule has 0 bridgehead atoms. The Morgan fingerprint density at radius 1 is 0.789 bits per heavy atom. The molecule has 0 saturated carbocycles. The first kappa shape index (κ1) is 12.3. The Morgan fingerprint density at radius 3 is 1.95 bits per heavy atom. The van der Waals surface area contributed by atoms with E-state index in [4.69, 9.17) is 5.73 Å². The molecule has 2 nitrogen and oxygen atoms in total. The SMILES string of the molecule is N/C1=C(\NI)c2ccccc2/C=C\c2ccccc21. The Hall–Kier alpha value is -1.75. The van der Waals surface area contributed by atoms with Crippen molar-refractivity contribution in [2.45, 2.75) is 0 Å². The lowest BCUT2D eigenvalue weighted by Gasteiger charge is -2.17. The van der Waals surface area contributed by atoms with E-state index in [9.17, 15) is 0 Å². The average molecular weight is 360 g/mol. The zero-order valence-corrected chi connectivity index (χ0v) is 12.4. The number of hydrogen-bond donors (Lipinski definition) is 2. The van der Waals surface area contributed by atoms with E-state index in [0.717, 1.165) is 28.1 Å². The van der Waals surface area contributed by atoms with Gasteiger partial charge in [-0.05, 0) is 11.1 Å². The molecule has 0 saturated heterocycles. The molecule has 3 heteroatoms. The zero-order chi connectivity index (χ0) is 13.2. The van der Waals surface area contributed by atoms with Crippen molar-refractivity contribution in [3.8, 4) is 0 Å². The molecule has 1 aliphatic rings. The summed E-state index contributed by atoms with van der Waals surface area (Å²) in [6.45, 7) is 0. The van der Waals surface area contributed by atoms with Crippen molar-refractivity contribution in [3.05, 3.63) is 70.8 Å². The number of fused-ring (bicyclic) bond motifs is 2. The van der Waals surface area contributed by atoms with Crippen LogP contribution in [0.2, 0.25) is 0 Å². The third-order valence-electron chi connectivity index (χ3n) is 3.29. The number of nitrogens with one attached hydrogen (secondary N) is 1. The van der Waals surface area contributed by atoms with Crippen LogP contribution in [-0.2, 0) is 0 Å². The summed E-state index contributed by atoms with van der Waals surface area (Å²) >= 11 is 2.14. The van der Waals surface area contributed by atoms with Crippen LogP contribution in [0, 0.1) is 0 Å². The molecule has 0 spiro atoms. The third kappa shape index (κ3) is 2.14. The Morgan fingerprint density at radius 2 is 1.32 bits per heavy atom. The Bertz CT molecular complexity index is 687. The van der Waals surface area contributed by atoms with E-state index in [-0.39, 0.29) is 0 Å². The minimum absolute atomic E-state index is 0.779. The monoisotopic (exact) mass is 360 g/mol. The van der Waals surface area contributed by atoms with Gasteiger partial charge in [-0.3, -0.25) is 0 Å². The molecule has 0 amide bonds. The van der Waals surface area contributed by atoms with Crippen LogP contribution in [0.1, 0.15) is 22.3 Å². The second-order valence-corrected chi connectivity index (χ2v) is 4.93. The highest BCUT2D eigenvalue weighted by Crippen LogP contribution is 2.30. The van der Waals surface area contributed by atoms with E-state index >= 15 is 0 Å². The van der Waals surface area contributed by atoms with Gasteiger partial charge < -0.3 is 9.26 Å². The summed E-state index contributed by atoms with van der Waals surface area (Å²) in [5, 5.41) is 0. The van der Waals surface area contributed by atoms with Crippen molar-refractivity contribution in [2.24, 2.45) is 5.73 Å². The smallest absolute Gasteiger partial charge is 0.0746 e. The van der Waals surface area contributed by atoms with Crippen LogP contribution in [0.3, 0.4) is 0 Å². The Labute approximate surface area is 126 Å².